The number of fused-ring (bicyclic) bond motifs is 3. The van der Waals surface area contributed by atoms with Gasteiger partial charge in [0.25, 0.3) is 0 Å². The average Bonchev–Trinajstić information content (AvgIpc) is 2.71. The van der Waals surface area contributed by atoms with E-state index in [0.29, 0.717) is 24.3 Å². The molecule has 5 heteroatoms. The first-order valence-electron chi connectivity index (χ1n) is 11.1. The lowest BCUT2D eigenvalue weighted by Gasteiger charge is -2.32. The molecule has 2 aromatic carbocycles. The van der Waals surface area contributed by atoms with E-state index >= 15 is 0 Å². The van der Waals surface area contributed by atoms with Crippen LogP contribution in [0.15, 0.2) is 36.4 Å². The highest BCUT2D eigenvalue weighted by atomic mass is 19.4. The second-order valence-electron chi connectivity index (χ2n) is 8.89. The molecule has 0 unspecified atom stereocenters. The first-order valence-corrected chi connectivity index (χ1v) is 11.1. The van der Waals surface area contributed by atoms with Crippen LogP contribution in [0.4, 0.5) is 22.0 Å². The fourth-order valence-corrected chi connectivity index (χ4v) is 5.37. The fraction of sp³-hybridized carbons (Fsp3) is 0.462. The Balaban J connectivity index is 1.53. The maximum atomic E-state index is 14.1. The Bertz CT molecular complexity index is 963. The Hall–Kier alpha value is -2.17. The van der Waals surface area contributed by atoms with Crippen LogP contribution in [0.2, 0.25) is 0 Å². The van der Waals surface area contributed by atoms with Gasteiger partial charge in [-0.15, -0.1) is 0 Å². The molecule has 0 radical (unpaired) electrons. The van der Waals surface area contributed by atoms with Gasteiger partial charge < -0.3 is 0 Å². The zero-order valence-corrected chi connectivity index (χ0v) is 17.7. The standard InChI is InChI=1S/C26H27F5/c1-2-3-4-5-16-6-10-21-18(12-16)7-8-19-13-17(9-11-22(19)21)20-14-23(27)25(24(28)15-20)26(29,30)31/h2-3,7-8,14-17H,4-6,9-13H2,1H3/b3-2+/t16-,17-/m0/s1. The fourth-order valence-electron chi connectivity index (χ4n) is 5.37. The molecule has 2 aromatic rings. The molecule has 166 valence electrons. The summed E-state index contributed by atoms with van der Waals surface area (Å²) in [6, 6.07) is 6.04. The third kappa shape index (κ3) is 4.56. The van der Waals surface area contributed by atoms with Crippen LogP contribution in [0, 0.1) is 17.6 Å². The molecule has 2 aliphatic rings. The van der Waals surface area contributed by atoms with Crippen LogP contribution in [-0.4, -0.2) is 0 Å². The number of alkyl halides is 3. The topological polar surface area (TPSA) is 0 Å². The van der Waals surface area contributed by atoms with E-state index in [2.05, 4.69) is 24.3 Å². The van der Waals surface area contributed by atoms with E-state index in [0.717, 1.165) is 37.8 Å². The van der Waals surface area contributed by atoms with E-state index in [-0.39, 0.29) is 5.92 Å². The third-order valence-corrected chi connectivity index (χ3v) is 6.94. The van der Waals surface area contributed by atoms with E-state index in [1.165, 1.54) is 35.1 Å². The summed E-state index contributed by atoms with van der Waals surface area (Å²) in [4.78, 5) is 0. The van der Waals surface area contributed by atoms with Gasteiger partial charge in [-0.2, -0.15) is 13.2 Å². The highest BCUT2D eigenvalue weighted by Gasteiger charge is 2.38. The van der Waals surface area contributed by atoms with E-state index < -0.39 is 23.4 Å². The van der Waals surface area contributed by atoms with Crippen molar-refractivity contribution >= 4 is 0 Å². The highest BCUT2D eigenvalue weighted by molar-refractivity contribution is 5.46. The molecule has 2 aliphatic carbocycles. The van der Waals surface area contributed by atoms with Crippen molar-refractivity contribution in [1.82, 2.24) is 0 Å². The zero-order chi connectivity index (χ0) is 22.2. The molecule has 0 nitrogen and oxygen atoms in total. The van der Waals surface area contributed by atoms with E-state index in [4.69, 9.17) is 0 Å². The molecule has 0 saturated carbocycles. The van der Waals surface area contributed by atoms with Gasteiger partial charge in [-0.05, 0) is 110 Å². The summed E-state index contributed by atoms with van der Waals surface area (Å²) < 4.78 is 66.7. The van der Waals surface area contributed by atoms with Crippen molar-refractivity contribution in [2.75, 3.05) is 0 Å². The molecule has 0 aliphatic heterocycles. The van der Waals surface area contributed by atoms with Gasteiger partial charge >= 0.3 is 6.18 Å². The van der Waals surface area contributed by atoms with Crippen LogP contribution < -0.4 is 0 Å². The number of halogens is 5. The van der Waals surface area contributed by atoms with Crippen LogP contribution in [-0.2, 0) is 31.9 Å². The lowest BCUT2D eigenvalue weighted by Crippen LogP contribution is -2.21. The molecule has 0 saturated heterocycles. The summed E-state index contributed by atoms with van der Waals surface area (Å²) in [6.45, 7) is 2.04. The molecule has 31 heavy (non-hydrogen) atoms. The summed E-state index contributed by atoms with van der Waals surface area (Å²) in [5.74, 6) is -2.52. The Morgan fingerprint density at radius 3 is 2.16 bits per heavy atom. The van der Waals surface area contributed by atoms with Crippen LogP contribution in [0.5, 0.6) is 0 Å². The molecular formula is C26H27F5. The van der Waals surface area contributed by atoms with Crippen molar-refractivity contribution in [2.24, 2.45) is 5.92 Å². The van der Waals surface area contributed by atoms with Crippen LogP contribution in [0.3, 0.4) is 0 Å². The van der Waals surface area contributed by atoms with Crippen molar-refractivity contribution in [2.45, 2.75) is 70.4 Å². The summed E-state index contributed by atoms with van der Waals surface area (Å²) >= 11 is 0. The predicted octanol–water partition coefficient (Wildman–Crippen LogP) is 7.72. The maximum absolute atomic E-state index is 14.1. The largest absolute Gasteiger partial charge is 0.422 e. The number of benzene rings is 2. The summed E-state index contributed by atoms with van der Waals surface area (Å²) in [5, 5.41) is 0. The number of allylic oxidation sites excluding steroid dienone is 2. The van der Waals surface area contributed by atoms with Crippen molar-refractivity contribution < 1.29 is 22.0 Å². The Labute approximate surface area is 180 Å². The van der Waals surface area contributed by atoms with Gasteiger partial charge in [0.1, 0.15) is 17.2 Å². The second kappa shape index (κ2) is 8.76. The molecule has 0 N–H and O–H groups in total. The SMILES string of the molecule is C/C=C/CC[C@H]1CCc2c(ccc3c2CC[C@H](c2cc(F)c(C(F)(F)F)c(F)c2)C3)C1. The Kier molecular flexibility index (Phi) is 6.23. The van der Waals surface area contributed by atoms with Crippen molar-refractivity contribution in [1.29, 1.82) is 0 Å². The number of rotatable bonds is 4. The highest BCUT2D eigenvalue weighted by Crippen LogP contribution is 2.41. The zero-order valence-electron chi connectivity index (χ0n) is 17.7. The smallest absolute Gasteiger partial charge is 0.206 e. The second-order valence-corrected chi connectivity index (χ2v) is 8.89. The normalized spacial score (nSPS) is 21.2. The van der Waals surface area contributed by atoms with Gasteiger partial charge in [-0.1, -0.05) is 24.3 Å². The molecule has 2 atom stereocenters. The Morgan fingerprint density at radius 1 is 0.935 bits per heavy atom. The Morgan fingerprint density at radius 2 is 1.55 bits per heavy atom. The average molecular weight is 434 g/mol. The molecule has 0 heterocycles. The van der Waals surface area contributed by atoms with Crippen LogP contribution in [0.1, 0.15) is 71.9 Å². The molecule has 0 bridgehead atoms. The van der Waals surface area contributed by atoms with Gasteiger partial charge in [0, 0.05) is 0 Å². The van der Waals surface area contributed by atoms with E-state index in [1.807, 2.05) is 6.92 Å². The maximum Gasteiger partial charge on any atom is 0.422 e. The summed E-state index contributed by atoms with van der Waals surface area (Å²) in [6.07, 6.45) is 7.04. The van der Waals surface area contributed by atoms with Gasteiger partial charge in [-0.25, -0.2) is 8.78 Å². The predicted molar refractivity (Wildman–Crippen MR) is 112 cm³/mol. The van der Waals surface area contributed by atoms with Crippen molar-refractivity contribution in [3.63, 3.8) is 0 Å². The lowest BCUT2D eigenvalue weighted by molar-refractivity contribution is -0.142. The minimum atomic E-state index is -5.03. The first kappa shape index (κ1) is 22.0. The van der Waals surface area contributed by atoms with Crippen molar-refractivity contribution in [3.05, 3.63) is 81.4 Å². The first-order chi connectivity index (χ1) is 14.8. The molecule has 4 rings (SSSR count). The van der Waals surface area contributed by atoms with E-state index in [1.54, 1.807) is 0 Å². The van der Waals surface area contributed by atoms with Crippen LogP contribution in [0.25, 0.3) is 0 Å². The number of hydrogen-bond acceptors (Lipinski definition) is 0. The van der Waals surface area contributed by atoms with Gasteiger partial charge in [-0.3, -0.25) is 0 Å². The quantitative estimate of drug-likeness (QED) is 0.341. The summed E-state index contributed by atoms with van der Waals surface area (Å²) in [5.41, 5.74) is 3.89. The lowest BCUT2D eigenvalue weighted by atomic mass is 9.73. The van der Waals surface area contributed by atoms with Gasteiger partial charge in [0.2, 0.25) is 0 Å². The van der Waals surface area contributed by atoms with Gasteiger partial charge in [0.15, 0.2) is 0 Å². The molecule has 0 fully saturated rings. The van der Waals surface area contributed by atoms with Gasteiger partial charge in [0.05, 0.1) is 0 Å². The minimum absolute atomic E-state index is 0.172. The molecule has 0 aromatic heterocycles. The molecule has 0 spiro atoms. The third-order valence-electron chi connectivity index (χ3n) is 6.94. The summed E-state index contributed by atoms with van der Waals surface area (Å²) in [7, 11) is 0. The van der Waals surface area contributed by atoms with Crippen molar-refractivity contribution in [3.8, 4) is 0 Å². The molecule has 0 amide bonds. The monoisotopic (exact) mass is 434 g/mol. The minimum Gasteiger partial charge on any atom is -0.206 e. The molecular weight excluding hydrogens is 407 g/mol. The van der Waals surface area contributed by atoms with Crippen LogP contribution >= 0.6 is 0 Å². The number of hydrogen-bond donors (Lipinski definition) is 0. The van der Waals surface area contributed by atoms with E-state index in [9.17, 15) is 22.0 Å².